The van der Waals surface area contributed by atoms with Gasteiger partial charge in [0.05, 0.1) is 12.2 Å². The third-order valence-electron chi connectivity index (χ3n) is 2.42. The first-order valence-electron chi connectivity index (χ1n) is 5.51. The molecule has 18 heavy (non-hydrogen) atoms. The molecule has 2 heterocycles. The zero-order valence-corrected chi connectivity index (χ0v) is 9.92. The number of rotatable bonds is 4. The van der Waals surface area contributed by atoms with Gasteiger partial charge in [-0.2, -0.15) is 0 Å². The number of nitrogens with one attached hydrogen (secondary N) is 1. The summed E-state index contributed by atoms with van der Waals surface area (Å²) in [6, 6.07) is 8.81. The summed E-state index contributed by atoms with van der Waals surface area (Å²) in [5, 5.41) is 12.0. The number of aromatic carboxylic acids is 1. The van der Waals surface area contributed by atoms with Crippen molar-refractivity contribution in [2.75, 3.05) is 5.32 Å². The highest BCUT2D eigenvalue weighted by Gasteiger charge is 2.09. The molecule has 0 aliphatic carbocycles. The molecule has 0 bridgehead atoms. The van der Waals surface area contributed by atoms with Crippen LogP contribution in [0.25, 0.3) is 0 Å². The average Bonchev–Trinajstić information content (AvgIpc) is 2.37. The van der Waals surface area contributed by atoms with Gasteiger partial charge in [0.2, 0.25) is 0 Å². The number of aromatic nitrogens is 2. The van der Waals surface area contributed by atoms with E-state index in [1.54, 1.807) is 12.3 Å². The van der Waals surface area contributed by atoms with Crippen LogP contribution in [0.4, 0.5) is 5.82 Å². The maximum atomic E-state index is 11.0. The molecule has 0 saturated carbocycles. The van der Waals surface area contributed by atoms with Crippen LogP contribution < -0.4 is 5.32 Å². The summed E-state index contributed by atoms with van der Waals surface area (Å²) in [5.41, 5.74) is 1.93. The molecule has 2 aromatic heterocycles. The number of anilines is 1. The van der Waals surface area contributed by atoms with Gasteiger partial charge in [-0.1, -0.05) is 6.07 Å². The lowest BCUT2D eigenvalue weighted by molar-refractivity contribution is 0.0697. The number of nitrogens with zero attached hydrogens (tertiary/aromatic N) is 2. The molecule has 0 aliphatic heterocycles. The van der Waals surface area contributed by atoms with Crippen molar-refractivity contribution in [1.29, 1.82) is 0 Å². The summed E-state index contributed by atoms with van der Waals surface area (Å²) in [7, 11) is 0. The Morgan fingerprint density at radius 1 is 1.33 bits per heavy atom. The predicted octanol–water partition coefficient (Wildman–Crippen LogP) is 2.10. The first-order valence-corrected chi connectivity index (χ1v) is 5.51. The van der Waals surface area contributed by atoms with Crippen molar-refractivity contribution in [3.63, 3.8) is 0 Å². The van der Waals surface area contributed by atoms with Crippen LogP contribution in [-0.4, -0.2) is 21.0 Å². The van der Waals surface area contributed by atoms with Gasteiger partial charge in [-0.3, -0.25) is 4.98 Å². The topological polar surface area (TPSA) is 75.1 Å². The van der Waals surface area contributed by atoms with E-state index in [0.29, 0.717) is 12.4 Å². The molecule has 0 amide bonds. The van der Waals surface area contributed by atoms with Crippen molar-refractivity contribution in [1.82, 2.24) is 9.97 Å². The van der Waals surface area contributed by atoms with Gasteiger partial charge >= 0.3 is 5.97 Å². The van der Waals surface area contributed by atoms with E-state index in [1.807, 2.05) is 25.1 Å². The third kappa shape index (κ3) is 2.82. The van der Waals surface area contributed by atoms with Crippen molar-refractivity contribution in [3.8, 4) is 0 Å². The second kappa shape index (κ2) is 5.27. The van der Waals surface area contributed by atoms with E-state index in [2.05, 4.69) is 15.3 Å². The Morgan fingerprint density at radius 2 is 2.17 bits per heavy atom. The van der Waals surface area contributed by atoms with Crippen molar-refractivity contribution in [2.24, 2.45) is 0 Å². The van der Waals surface area contributed by atoms with Crippen LogP contribution in [0.3, 0.4) is 0 Å². The number of carboxylic acid groups (broad SMARTS) is 1. The highest BCUT2D eigenvalue weighted by Crippen LogP contribution is 2.12. The molecule has 0 aromatic carbocycles. The highest BCUT2D eigenvalue weighted by atomic mass is 16.4. The Morgan fingerprint density at radius 3 is 2.89 bits per heavy atom. The second-order valence-corrected chi connectivity index (χ2v) is 3.83. The molecule has 92 valence electrons. The zero-order chi connectivity index (χ0) is 13.0. The van der Waals surface area contributed by atoms with E-state index >= 15 is 0 Å². The Kier molecular flexibility index (Phi) is 3.52. The number of hydrogen-bond acceptors (Lipinski definition) is 4. The predicted molar refractivity (Wildman–Crippen MR) is 67.5 cm³/mol. The van der Waals surface area contributed by atoms with Gasteiger partial charge in [-0.05, 0) is 31.2 Å². The third-order valence-corrected chi connectivity index (χ3v) is 2.42. The summed E-state index contributed by atoms with van der Waals surface area (Å²) in [4.78, 5) is 19.3. The lowest BCUT2D eigenvalue weighted by Gasteiger charge is -2.08. The van der Waals surface area contributed by atoms with Crippen LogP contribution in [0.1, 0.15) is 21.7 Å². The molecule has 0 saturated heterocycles. The van der Waals surface area contributed by atoms with Crippen LogP contribution in [0, 0.1) is 6.92 Å². The van der Waals surface area contributed by atoms with Gasteiger partial charge in [0, 0.05) is 11.9 Å². The molecule has 0 radical (unpaired) electrons. The SMILES string of the molecule is Cc1cccc(CNc2ncccc2C(=O)O)n1. The smallest absolute Gasteiger partial charge is 0.339 e. The summed E-state index contributed by atoms with van der Waals surface area (Å²) in [5.74, 6) is -0.642. The number of pyridine rings is 2. The van der Waals surface area contributed by atoms with Crippen LogP contribution in [-0.2, 0) is 6.54 Å². The van der Waals surface area contributed by atoms with Crippen molar-refractivity contribution in [2.45, 2.75) is 13.5 Å². The van der Waals surface area contributed by atoms with Gasteiger partial charge < -0.3 is 10.4 Å². The fourth-order valence-electron chi connectivity index (χ4n) is 1.59. The maximum absolute atomic E-state index is 11.0. The molecular weight excluding hydrogens is 230 g/mol. The molecule has 0 aliphatic rings. The number of hydrogen-bond donors (Lipinski definition) is 2. The van der Waals surface area contributed by atoms with Crippen LogP contribution >= 0.6 is 0 Å². The zero-order valence-electron chi connectivity index (χ0n) is 9.92. The minimum atomic E-state index is -0.997. The molecular formula is C13H13N3O2. The quantitative estimate of drug-likeness (QED) is 0.860. The van der Waals surface area contributed by atoms with Crippen molar-refractivity contribution < 1.29 is 9.90 Å². The largest absolute Gasteiger partial charge is 0.478 e. The Balaban J connectivity index is 2.13. The highest BCUT2D eigenvalue weighted by molar-refractivity contribution is 5.92. The van der Waals surface area contributed by atoms with Gasteiger partial charge in [-0.15, -0.1) is 0 Å². The number of carbonyl (C=O) groups is 1. The van der Waals surface area contributed by atoms with E-state index in [1.165, 1.54) is 6.07 Å². The fourth-order valence-corrected chi connectivity index (χ4v) is 1.59. The van der Waals surface area contributed by atoms with E-state index in [9.17, 15) is 4.79 Å². The summed E-state index contributed by atoms with van der Waals surface area (Å²) in [6.07, 6.45) is 1.55. The Labute approximate surface area is 105 Å². The lowest BCUT2D eigenvalue weighted by Crippen LogP contribution is -2.09. The molecule has 5 heteroatoms. The maximum Gasteiger partial charge on any atom is 0.339 e. The van der Waals surface area contributed by atoms with Crippen LogP contribution in [0.5, 0.6) is 0 Å². The number of carboxylic acids is 1. The van der Waals surface area contributed by atoms with E-state index in [-0.39, 0.29) is 5.56 Å². The Hall–Kier alpha value is -2.43. The molecule has 2 N–H and O–H groups in total. The second-order valence-electron chi connectivity index (χ2n) is 3.83. The standard InChI is InChI=1S/C13H13N3O2/c1-9-4-2-5-10(16-9)8-15-12-11(13(17)18)6-3-7-14-12/h2-7H,8H2,1H3,(H,14,15)(H,17,18). The minimum absolute atomic E-state index is 0.158. The summed E-state index contributed by atoms with van der Waals surface area (Å²) >= 11 is 0. The molecule has 5 nitrogen and oxygen atoms in total. The van der Waals surface area contributed by atoms with E-state index in [4.69, 9.17) is 5.11 Å². The summed E-state index contributed by atoms with van der Waals surface area (Å²) in [6.45, 7) is 2.35. The molecule has 0 spiro atoms. The molecule has 2 rings (SSSR count). The molecule has 0 fully saturated rings. The first-order chi connectivity index (χ1) is 8.66. The van der Waals surface area contributed by atoms with Crippen LogP contribution in [0.2, 0.25) is 0 Å². The number of aryl methyl sites for hydroxylation is 1. The molecule has 0 atom stereocenters. The van der Waals surface area contributed by atoms with E-state index in [0.717, 1.165) is 11.4 Å². The van der Waals surface area contributed by atoms with Crippen LogP contribution in [0.15, 0.2) is 36.5 Å². The fraction of sp³-hybridized carbons (Fsp3) is 0.154. The Bertz CT molecular complexity index is 570. The first kappa shape index (κ1) is 12.0. The van der Waals surface area contributed by atoms with Gasteiger partial charge in [0.1, 0.15) is 11.4 Å². The van der Waals surface area contributed by atoms with Gasteiger partial charge in [0.25, 0.3) is 0 Å². The van der Waals surface area contributed by atoms with E-state index < -0.39 is 5.97 Å². The van der Waals surface area contributed by atoms with Crippen molar-refractivity contribution in [3.05, 3.63) is 53.5 Å². The average molecular weight is 243 g/mol. The summed E-state index contributed by atoms with van der Waals surface area (Å²) < 4.78 is 0. The minimum Gasteiger partial charge on any atom is -0.478 e. The van der Waals surface area contributed by atoms with Gasteiger partial charge in [-0.25, -0.2) is 9.78 Å². The van der Waals surface area contributed by atoms with Gasteiger partial charge in [0.15, 0.2) is 0 Å². The normalized spacial score (nSPS) is 10.1. The monoisotopic (exact) mass is 243 g/mol. The molecule has 0 unspecified atom stereocenters. The molecule has 2 aromatic rings. The van der Waals surface area contributed by atoms with Crippen molar-refractivity contribution >= 4 is 11.8 Å². The lowest BCUT2D eigenvalue weighted by atomic mass is 10.2.